The zero-order chi connectivity index (χ0) is 17.5. The number of amides is 1. The normalized spacial score (nSPS) is 10.9. The van der Waals surface area contributed by atoms with Crippen molar-refractivity contribution in [3.05, 3.63) is 62.0 Å². The number of furan rings is 1. The first kappa shape index (κ1) is 18.2. The number of rotatable bonds is 7. The van der Waals surface area contributed by atoms with E-state index in [0.29, 0.717) is 11.5 Å². The Balaban J connectivity index is 1.72. The van der Waals surface area contributed by atoms with Crippen LogP contribution in [0, 0.1) is 17.0 Å². The lowest BCUT2D eigenvalue weighted by atomic mass is 10.2. The Kier molecular flexibility index (Phi) is 6.56. The number of halogens is 1. The molecule has 7 nitrogen and oxygen atoms in total. The summed E-state index contributed by atoms with van der Waals surface area (Å²) in [5.74, 6) is 1.86. The summed E-state index contributed by atoms with van der Waals surface area (Å²) in [5.41, 5.74) is 3.38. The minimum atomic E-state index is -0.443. The molecule has 1 aromatic heterocycles. The number of nitro benzene ring substituents is 1. The van der Waals surface area contributed by atoms with E-state index in [1.165, 1.54) is 30.1 Å². The standard InChI is InChI=1S/C15H14BrN3O4S/c1-10-14(16)6-13(23-10)7-17-18-15(20)9-24-8-11-2-4-12(5-3-11)19(21)22/h2-7H,8-9H2,1H3,(H,18,20)/b17-7+. The molecule has 24 heavy (non-hydrogen) atoms. The third-order valence-corrected chi connectivity index (χ3v) is 4.70. The number of hydrogen-bond donors (Lipinski definition) is 1. The van der Waals surface area contributed by atoms with E-state index in [4.69, 9.17) is 4.42 Å². The van der Waals surface area contributed by atoms with E-state index < -0.39 is 4.92 Å². The van der Waals surface area contributed by atoms with Gasteiger partial charge in [-0.05, 0) is 28.4 Å². The van der Waals surface area contributed by atoms with Crippen LogP contribution in [0.3, 0.4) is 0 Å². The molecule has 0 saturated heterocycles. The molecule has 0 aliphatic rings. The van der Waals surface area contributed by atoms with Crippen LogP contribution in [0.1, 0.15) is 17.1 Å². The van der Waals surface area contributed by atoms with Gasteiger partial charge in [0, 0.05) is 24.0 Å². The molecule has 0 unspecified atom stereocenters. The van der Waals surface area contributed by atoms with Gasteiger partial charge < -0.3 is 4.42 Å². The molecule has 1 N–H and O–H groups in total. The molecular weight excluding hydrogens is 398 g/mol. The van der Waals surface area contributed by atoms with Crippen LogP contribution < -0.4 is 5.43 Å². The number of thioether (sulfide) groups is 1. The highest BCUT2D eigenvalue weighted by atomic mass is 79.9. The van der Waals surface area contributed by atoms with Crippen LogP contribution in [0.5, 0.6) is 0 Å². The van der Waals surface area contributed by atoms with Gasteiger partial charge in [-0.1, -0.05) is 12.1 Å². The van der Waals surface area contributed by atoms with Crippen molar-refractivity contribution in [2.45, 2.75) is 12.7 Å². The molecule has 0 radical (unpaired) electrons. The van der Waals surface area contributed by atoms with Gasteiger partial charge in [0.05, 0.1) is 21.4 Å². The number of nitrogens with one attached hydrogen (secondary N) is 1. The molecule has 1 aromatic carbocycles. The summed E-state index contributed by atoms with van der Waals surface area (Å²) in [7, 11) is 0. The van der Waals surface area contributed by atoms with Gasteiger partial charge >= 0.3 is 0 Å². The molecule has 0 fully saturated rings. The van der Waals surface area contributed by atoms with Gasteiger partial charge in [-0.25, -0.2) is 5.43 Å². The maximum atomic E-state index is 11.7. The second-order valence-electron chi connectivity index (χ2n) is 4.76. The quantitative estimate of drug-likeness (QED) is 0.425. The Bertz CT molecular complexity index is 739. The number of benzene rings is 1. The number of hydrogen-bond acceptors (Lipinski definition) is 6. The van der Waals surface area contributed by atoms with E-state index in [9.17, 15) is 14.9 Å². The van der Waals surface area contributed by atoms with Crippen molar-refractivity contribution in [3.8, 4) is 0 Å². The monoisotopic (exact) mass is 411 g/mol. The Hall–Kier alpha value is -2.13. The lowest BCUT2D eigenvalue weighted by Gasteiger charge is -2.01. The molecule has 1 amide bonds. The summed E-state index contributed by atoms with van der Waals surface area (Å²) in [5, 5.41) is 14.4. The lowest BCUT2D eigenvalue weighted by molar-refractivity contribution is -0.384. The highest BCUT2D eigenvalue weighted by molar-refractivity contribution is 9.10. The summed E-state index contributed by atoms with van der Waals surface area (Å²) in [4.78, 5) is 21.8. The number of aryl methyl sites for hydroxylation is 1. The first-order valence-corrected chi connectivity index (χ1v) is 8.79. The van der Waals surface area contributed by atoms with Crippen molar-refractivity contribution in [3.63, 3.8) is 0 Å². The largest absolute Gasteiger partial charge is 0.459 e. The Morgan fingerprint density at radius 3 is 2.75 bits per heavy atom. The maximum Gasteiger partial charge on any atom is 0.269 e. The van der Waals surface area contributed by atoms with Gasteiger partial charge in [0.25, 0.3) is 5.69 Å². The molecule has 0 atom stereocenters. The predicted molar refractivity (Wildman–Crippen MR) is 96.1 cm³/mol. The summed E-state index contributed by atoms with van der Waals surface area (Å²) >= 11 is 4.72. The minimum Gasteiger partial charge on any atom is -0.459 e. The average Bonchev–Trinajstić information content (AvgIpc) is 2.86. The van der Waals surface area contributed by atoms with Crippen LogP contribution in [0.2, 0.25) is 0 Å². The molecule has 1 heterocycles. The minimum absolute atomic E-state index is 0.0515. The molecule has 0 saturated carbocycles. The Morgan fingerprint density at radius 1 is 1.46 bits per heavy atom. The molecule has 126 valence electrons. The van der Waals surface area contributed by atoms with Crippen molar-refractivity contribution >= 4 is 45.5 Å². The molecule has 2 aromatic rings. The van der Waals surface area contributed by atoms with Crippen molar-refractivity contribution < 1.29 is 14.1 Å². The van der Waals surface area contributed by atoms with Gasteiger partial charge in [0.1, 0.15) is 11.5 Å². The van der Waals surface area contributed by atoms with Gasteiger partial charge in [0.15, 0.2) is 0 Å². The topological polar surface area (TPSA) is 97.7 Å². The summed E-state index contributed by atoms with van der Waals surface area (Å²) < 4.78 is 6.20. The van der Waals surface area contributed by atoms with Crippen molar-refractivity contribution in [1.82, 2.24) is 5.43 Å². The number of nitrogens with zero attached hydrogens (tertiary/aromatic N) is 2. The Morgan fingerprint density at radius 2 is 2.17 bits per heavy atom. The smallest absolute Gasteiger partial charge is 0.269 e. The zero-order valence-electron chi connectivity index (χ0n) is 12.7. The molecule has 9 heteroatoms. The maximum absolute atomic E-state index is 11.7. The van der Waals surface area contributed by atoms with E-state index in [1.54, 1.807) is 18.2 Å². The third kappa shape index (κ3) is 5.50. The summed E-state index contributed by atoms with van der Waals surface area (Å²) in [6, 6.07) is 8.01. The van der Waals surface area contributed by atoms with Crippen molar-refractivity contribution in [2.75, 3.05) is 5.75 Å². The van der Waals surface area contributed by atoms with Crippen LogP contribution in [-0.4, -0.2) is 22.8 Å². The van der Waals surface area contributed by atoms with E-state index in [0.717, 1.165) is 15.8 Å². The highest BCUT2D eigenvalue weighted by Gasteiger charge is 2.05. The van der Waals surface area contributed by atoms with Gasteiger partial charge in [-0.2, -0.15) is 5.10 Å². The van der Waals surface area contributed by atoms with Crippen LogP contribution in [0.15, 0.2) is 44.3 Å². The average molecular weight is 412 g/mol. The zero-order valence-corrected chi connectivity index (χ0v) is 15.1. The number of carbonyl (C=O) groups is 1. The van der Waals surface area contributed by atoms with Crippen LogP contribution in [0.25, 0.3) is 0 Å². The van der Waals surface area contributed by atoms with Gasteiger partial charge in [-0.3, -0.25) is 14.9 Å². The second-order valence-corrected chi connectivity index (χ2v) is 6.60. The number of non-ortho nitro benzene ring substituents is 1. The molecule has 0 spiro atoms. The number of nitro groups is 1. The van der Waals surface area contributed by atoms with E-state index in [2.05, 4.69) is 26.5 Å². The van der Waals surface area contributed by atoms with Gasteiger partial charge in [-0.15, -0.1) is 11.8 Å². The predicted octanol–water partition coefficient (Wildman–Crippen LogP) is 3.64. The molecule has 2 rings (SSSR count). The van der Waals surface area contributed by atoms with E-state index >= 15 is 0 Å². The fraction of sp³-hybridized carbons (Fsp3) is 0.200. The third-order valence-electron chi connectivity index (χ3n) is 2.91. The van der Waals surface area contributed by atoms with E-state index in [1.807, 2.05) is 6.92 Å². The Labute approximate surface area is 150 Å². The van der Waals surface area contributed by atoms with Crippen molar-refractivity contribution in [2.24, 2.45) is 5.10 Å². The number of hydrazone groups is 1. The fourth-order valence-electron chi connectivity index (χ4n) is 1.72. The lowest BCUT2D eigenvalue weighted by Crippen LogP contribution is -2.19. The summed E-state index contributed by atoms with van der Waals surface area (Å²) in [6.07, 6.45) is 1.43. The molecule has 0 bridgehead atoms. The van der Waals surface area contributed by atoms with Crippen LogP contribution in [0.4, 0.5) is 5.69 Å². The fourth-order valence-corrected chi connectivity index (χ4v) is 2.81. The molecular formula is C15H14BrN3O4S. The first-order valence-electron chi connectivity index (χ1n) is 6.84. The summed E-state index contributed by atoms with van der Waals surface area (Å²) in [6.45, 7) is 1.81. The molecule has 0 aliphatic carbocycles. The number of carbonyl (C=O) groups excluding carboxylic acids is 1. The van der Waals surface area contributed by atoms with Gasteiger partial charge in [0.2, 0.25) is 5.91 Å². The second kappa shape index (κ2) is 8.65. The highest BCUT2D eigenvalue weighted by Crippen LogP contribution is 2.19. The van der Waals surface area contributed by atoms with Crippen molar-refractivity contribution in [1.29, 1.82) is 0 Å². The van der Waals surface area contributed by atoms with E-state index in [-0.39, 0.29) is 17.3 Å². The van der Waals surface area contributed by atoms with Crippen LogP contribution in [-0.2, 0) is 10.5 Å². The SMILES string of the molecule is Cc1oc(/C=N/NC(=O)CSCc2ccc([N+](=O)[O-])cc2)cc1Br. The molecule has 0 aliphatic heterocycles. The first-order chi connectivity index (χ1) is 11.5. The van der Waals surface area contributed by atoms with Crippen LogP contribution >= 0.6 is 27.7 Å².